The van der Waals surface area contributed by atoms with Crippen LogP contribution in [0, 0.1) is 5.82 Å². The van der Waals surface area contributed by atoms with E-state index in [-0.39, 0.29) is 5.82 Å². The number of halogens is 1. The van der Waals surface area contributed by atoms with Crippen molar-refractivity contribution in [3.63, 3.8) is 0 Å². The number of nitrogens with zero attached hydrogens (tertiary/aromatic N) is 1. The van der Waals surface area contributed by atoms with E-state index in [2.05, 4.69) is 36.1 Å². The molecule has 0 aromatic heterocycles. The molecule has 1 heterocycles. The fourth-order valence-electron chi connectivity index (χ4n) is 2.99. The Kier molecular flexibility index (Phi) is 3.45. The predicted molar refractivity (Wildman–Crippen MR) is 80.1 cm³/mol. The molecule has 20 heavy (non-hydrogen) atoms. The molecule has 1 atom stereocenters. The number of rotatable bonds is 3. The fourth-order valence-corrected chi connectivity index (χ4v) is 2.99. The van der Waals surface area contributed by atoms with E-state index < -0.39 is 0 Å². The molecule has 2 aromatic carbocycles. The lowest BCUT2D eigenvalue weighted by molar-refractivity contribution is 0.619. The number of nitrogens with two attached hydrogens (primary N) is 1. The van der Waals surface area contributed by atoms with Crippen molar-refractivity contribution in [2.24, 2.45) is 5.73 Å². The summed E-state index contributed by atoms with van der Waals surface area (Å²) in [5.41, 5.74) is 10.4. The summed E-state index contributed by atoms with van der Waals surface area (Å²) >= 11 is 0. The lowest BCUT2D eigenvalue weighted by Crippen LogP contribution is -2.29. The van der Waals surface area contributed by atoms with E-state index in [0.29, 0.717) is 19.1 Å². The Labute approximate surface area is 119 Å². The zero-order valence-corrected chi connectivity index (χ0v) is 11.6. The molecule has 0 spiro atoms. The highest BCUT2D eigenvalue weighted by molar-refractivity contribution is 5.59. The van der Waals surface area contributed by atoms with Crippen molar-refractivity contribution < 1.29 is 4.39 Å². The quantitative estimate of drug-likeness (QED) is 0.927. The minimum Gasteiger partial charge on any atom is -0.364 e. The van der Waals surface area contributed by atoms with E-state index in [1.165, 1.54) is 17.3 Å². The molecule has 0 fully saturated rings. The van der Waals surface area contributed by atoms with Gasteiger partial charge in [-0.2, -0.15) is 0 Å². The summed E-state index contributed by atoms with van der Waals surface area (Å²) in [6.07, 6.45) is 1.05. The van der Waals surface area contributed by atoms with Crippen LogP contribution in [-0.4, -0.2) is 6.04 Å². The first kappa shape index (κ1) is 13.1. The maximum atomic E-state index is 13.5. The number of hydrogen-bond donors (Lipinski definition) is 1. The summed E-state index contributed by atoms with van der Waals surface area (Å²) in [6.45, 7) is 3.36. The van der Waals surface area contributed by atoms with Gasteiger partial charge in [0.2, 0.25) is 0 Å². The molecule has 1 aliphatic heterocycles. The first-order valence-electron chi connectivity index (χ1n) is 7.01. The predicted octanol–water partition coefficient (Wildman–Crippen LogP) is 3.24. The van der Waals surface area contributed by atoms with Gasteiger partial charge in [-0.15, -0.1) is 0 Å². The molecular weight excluding hydrogens is 251 g/mol. The second kappa shape index (κ2) is 5.25. The molecule has 0 radical (unpaired) electrons. The third-order valence-corrected chi connectivity index (χ3v) is 4.08. The maximum Gasteiger partial charge on any atom is 0.123 e. The monoisotopic (exact) mass is 270 g/mol. The van der Waals surface area contributed by atoms with Crippen LogP contribution < -0.4 is 10.6 Å². The van der Waals surface area contributed by atoms with Gasteiger partial charge in [-0.25, -0.2) is 4.39 Å². The summed E-state index contributed by atoms with van der Waals surface area (Å²) in [4.78, 5) is 2.34. The Morgan fingerprint density at radius 2 is 2.00 bits per heavy atom. The highest BCUT2D eigenvalue weighted by Crippen LogP contribution is 2.33. The van der Waals surface area contributed by atoms with E-state index in [1.54, 1.807) is 12.1 Å². The van der Waals surface area contributed by atoms with Crippen LogP contribution in [0.2, 0.25) is 0 Å². The molecule has 2 aromatic rings. The largest absolute Gasteiger partial charge is 0.364 e. The molecule has 0 aliphatic carbocycles. The molecule has 3 rings (SSSR count). The van der Waals surface area contributed by atoms with E-state index >= 15 is 0 Å². The van der Waals surface area contributed by atoms with Crippen molar-refractivity contribution in [3.8, 4) is 0 Å². The Balaban J connectivity index is 1.94. The zero-order chi connectivity index (χ0) is 14.1. The normalized spacial score (nSPS) is 17.4. The minimum absolute atomic E-state index is 0.197. The van der Waals surface area contributed by atoms with E-state index in [9.17, 15) is 4.39 Å². The lowest BCUT2D eigenvalue weighted by atomic mass is 10.1. The van der Waals surface area contributed by atoms with Gasteiger partial charge in [0.1, 0.15) is 5.82 Å². The number of hydrogen-bond acceptors (Lipinski definition) is 2. The van der Waals surface area contributed by atoms with Crippen LogP contribution in [-0.2, 0) is 19.5 Å². The highest BCUT2D eigenvalue weighted by atomic mass is 19.1. The van der Waals surface area contributed by atoms with Gasteiger partial charge in [-0.1, -0.05) is 24.3 Å². The molecular formula is C17H19FN2. The van der Waals surface area contributed by atoms with Crippen molar-refractivity contribution in [3.05, 3.63) is 65.0 Å². The van der Waals surface area contributed by atoms with Crippen LogP contribution in [0.25, 0.3) is 0 Å². The van der Waals surface area contributed by atoms with Gasteiger partial charge < -0.3 is 10.6 Å². The van der Waals surface area contributed by atoms with Gasteiger partial charge in [-0.05, 0) is 48.2 Å². The average molecular weight is 270 g/mol. The van der Waals surface area contributed by atoms with Crippen molar-refractivity contribution in [1.82, 2.24) is 0 Å². The summed E-state index contributed by atoms with van der Waals surface area (Å²) < 4.78 is 13.5. The van der Waals surface area contributed by atoms with Crippen LogP contribution >= 0.6 is 0 Å². The standard InChI is InChI=1S/C17H19FN2/c1-12-8-13-4-2-3-5-17(13)20(12)11-15-9-16(18)7-6-14(15)10-19/h2-7,9,12H,8,10-11,19H2,1H3. The van der Waals surface area contributed by atoms with Crippen molar-refractivity contribution in [1.29, 1.82) is 0 Å². The van der Waals surface area contributed by atoms with Crippen LogP contribution in [0.1, 0.15) is 23.6 Å². The van der Waals surface area contributed by atoms with Crippen LogP contribution in [0.15, 0.2) is 42.5 Å². The first-order chi connectivity index (χ1) is 9.69. The van der Waals surface area contributed by atoms with Gasteiger partial charge >= 0.3 is 0 Å². The molecule has 0 saturated heterocycles. The smallest absolute Gasteiger partial charge is 0.123 e. The molecule has 0 saturated carbocycles. The average Bonchev–Trinajstić information content (AvgIpc) is 2.76. The van der Waals surface area contributed by atoms with Crippen molar-refractivity contribution >= 4 is 5.69 Å². The van der Waals surface area contributed by atoms with Crippen LogP contribution in [0.3, 0.4) is 0 Å². The van der Waals surface area contributed by atoms with Crippen molar-refractivity contribution in [2.45, 2.75) is 32.5 Å². The Morgan fingerprint density at radius 1 is 1.20 bits per heavy atom. The molecule has 1 unspecified atom stereocenters. The van der Waals surface area contributed by atoms with E-state index in [4.69, 9.17) is 5.73 Å². The summed E-state index contributed by atoms with van der Waals surface area (Å²) in [6, 6.07) is 13.7. The molecule has 104 valence electrons. The Bertz CT molecular complexity index is 624. The third-order valence-electron chi connectivity index (χ3n) is 4.08. The van der Waals surface area contributed by atoms with Crippen LogP contribution in [0.5, 0.6) is 0 Å². The molecule has 2 nitrogen and oxygen atoms in total. The lowest BCUT2D eigenvalue weighted by Gasteiger charge is -2.26. The number of anilines is 1. The Morgan fingerprint density at radius 3 is 2.80 bits per heavy atom. The van der Waals surface area contributed by atoms with Crippen molar-refractivity contribution in [2.75, 3.05) is 4.90 Å². The molecule has 3 heteroatoms. The van der Waals surface area contributed by atoms with Gasteiger partial charge in [-0.3, -0.25) is 0 Å². The Hall–Kier alpha value is -1.87. The summed E-state index contributed by atoms with van der Waals surface area (Å²) in [5, 5.41) is 0. The molecule has 0 amide bonds. The van der Waals surface area contributed by atoms with Gasteiger partial charge in [0, 0.05) is 24.8 Å². The van der Waals surface area contributed by atoms with Crippen LogP contribution in [0.4, 0.5) is 10.1 Å². The number of benzene rings is 2. The third kappa shape index (κ3) is 2.29. The number of para-hydroxylation sites is 1. The number of fused-ring (bicyclic) bond motifs is 1. The summed E-state index contributed by atoms with van der Waals surface area (Å²) in [7, 11) is 0. The second-order valence-electron chi connectivity index (χ2n) is 5.43. The highest BCUT2D eigenvalue weighted by Gasteiger charge is 2.25. The topological polar surface area (TPSA) is 29.3 Å². The van der Waals surface area contributed by atoms with E-state index in [1.807, 2.05) is 0 Å². The van der Waals surface area contributed by atoms with Gasteiger partial charge in [0.25, 0.3) is 0 Å². The zero-order valence-electron chi connectivity index (χ0n) is 11.6. The molecule has 0 bridgehead atoms. The molecule has 1 aliphatic rings. The first-order valence-corrected chi connectivity index (χ1v) is 7.01. The SMILES string of the molecule is CC1Cc2ccccc2N1Cc1cc(F)ccc1CN. The van der Waals surface area contributed by atoms with E-state index in [0.717, 1.165) is 17.5 Å². The van der Waals surface area contributed by atoms with Gasteiger partial charge in [0.15, 0.2) is 0 Å². The van der Waals surface area contributed by atoms with Gasteiger partial charge in [0.05, 0.1) is 0 Å². The maximum absolute atomic E-state index is 13.5. The summed E-state index contributed by atoms with van der Waals surface area (Å²) in [5.74, 6) is -0.197. The fraction of sp³-hybridized carbons (Fsp3) is 0.294. The minimum atomic E-state index is -0.197. The molecule has 2 N–H and O–H groups in total. The second-order valence-corrected chi connectivity index (χ2v) is 5.43.